The van der Waals surface area contributed by atoms with Gasteiger partial charge < -0.3 is 9.30 Å². The molecular weight excluding hydrogens is 841 g/mol. The summed E-state index contributed by atoms with van der Waals surface area (Å²) in [5.74, 6) is 1.61. The molecule has 0 saturated heterocycles. The molecule has 3 aromatic heterocycles. The number of hydrogen-bond acceptors (Lipinski definition) is 3. The van der Waals surface area contributed by atoms with Crippen molar-refractivity contribution >= 4 is 38.4 Å². The van der Waals surface area contributed by atoms with Gasteiger partial charge in [0, 0.05) is 51.7 Å². The van der Waals surface area contributed by atoms with Crippen LogP contribution in [0.5, 0.6) is 11.5 Å². The molecule has 0 unspecified atom stereocenters. The van der Waals surface area contributed by atoms with Gasteiger partial charge in [-0.15, -0.1) is 0 Å². The molecule has 5 heteroatoms. The minimum absolute atomic E-state index is 0.616. The standard InChI is InChI=1S/C64H40N4O/c1-65-53-24-26-61-56(40-53)55-37-43(21-25-60(55)68(61)54-18-9-4-10-19-54)44-22-27-62-57(38-44)64(51-14-5-2-6-15-51,52-16-7-3-8-17-52)58-39-45(23-28-63(58)69-62)48-34-47(42-29-31-66-32-30-42)35-49(36-48)50-33-46-13-11-12-20-59(46)67-41-50/h2-41H. The van der Waals surface area contributed by atoms with Gasteiger partial charge in [0.05, 0.1) is 28.5 Å². The first-order valence-electron chi connectivity index (χ1n) is 23.1. The molecule has 4 heterocycles. The average Bonchev–Trinajstić information content (AvgIpc) is 3.75. The van der Waals surface area contributed by atoms with Crippen LogP contribution in [0.15, 0.2) is 243 Å². The molecule has 1 aliphatic heterocycles. The Labute approximate surface area is 399 Å². The second-order valence-corrected chi connectivity index (χ2v) is 17.7. The Bertz CT molecular complexity index is 3950. The van der Waals surface area contributed by atoms with Crippen molar-refractivity contribution in [1.82, 2.24) is 14.5 Å². The summed E-state index contributed by atoms with van der Waals surface area (Å²) in [7, 11) is 0. The normalized spacial score (nSPS) is 12.6. The number of ether oxygens (including phenoxy) is 1. The number of benzene rings is 9. The van der Waals surface area contributed by atoms with Gasteiger partial charge in [0.1, 0.15) is 11.5 Å². The van der Waals surface area contributed by atoms with Crippen LogP contribution in [0.25, 0.3) is 87.7 Å². The van der Waals surface area contributed by atoms with Crippen molar-refractivity contribution in [2.45, 2.75) is 5.41 Å². The molecule has 0 bridgehead atoms. The van der Waals surface area contributed by atoms with E-state index in [1.807, 2.05) is 42.9 Å². The highest BCUT2D eigenvalue weighted by atomic mass is 16.5. The number of aromatic nitrogens is 3. The third kappa shape index (κ3) is 6.61. The number of rotatable bonds is 7. The van der Waals surface area contributed by atoms with Crippen LogP contribution >= 0.6 is 0 Å². The Morgan fingerprint density at radius 2 is 0.971 bits per heavy atom. The molecule has 0 saturated carbocycles. The zero-order valence-electron chi connectivity index (χ0n) is 37.3. The largest absolute Gasteiger partial charge is 0.457 e. The maximum absolute atomic E-state index is 7.87. The van der Waals surface area contributed by atoms with Crippen LogP contribution in [0.2, 0.25) is 0 Å². The Kier molecular flexibility index (Phi) is 9.38. The van der Waals surface area contributed by atoms with Gasteiger partial charge in [0.15, 0.2) is 5.69 Å². The monoisotopic (exact) mass is 880 g/mol. The van der Waals surface area contributed by atoms with Gasteiger partial charge >= 0.3 is 0 Å². The third-order valence-corrected chi connectivity index (χ3v) is 13.8. The summed E-state index contributed by atoms with van der Waals surface area (Å²) in [6.07, 6.45) is 5.68. The minimum atomic E-state index is -0.775. The Balaban J connectivity index is 1.03. The Hall–Kier alpha value is -9.37. The van der Waals surface area contributed by atoms with Crippen LogP contribution < -0.4 is 4.74 Å². The Morgan fingerprint density at radius 3 is 1.64 bits per heavy atom. The first-order valence-corrected chi connectivity index (χ1v) is 23.1. The van der Waals surface area contributed by atoms with E-state index in [4.69, 9.17) is 16.3 Å². The second-order valence-electron chi connectivity index (χ2n) is 17.7. The molecule has 0 radical (unpaired) electrons. The van der Waals surface area contributed by atoms with Crippen LogP contribution in [0, 0.1) is 6.57 Å². The molecule has 322 valence electrons. The van der Waals surface area contributed by atoms with Gasteiger partial charge in [0.2, 0.25) is 0 Å². The zero-order chi connectivity index (χ0) is 45.9. The van der Waals surface area contributed by atoms with Gasteiger partial charge in [-0.05, 0) is 159 Å². The van der Waals surface area contributed by atoms with Crippen molar-refractivity contribution in [3.8, 4) is 61.7 Å². The van der Waals surface area contributed by atoms with Gasteiger partial charge in [0.25, 0.3) is 0 Å². The van der Waals surface area contributed by atoms with Crippen LogP contribution in [-0.2, 0) is 5.41 Å². The molecule has 1 aliphatic rings. The molecule has 69 heavy (non-hydrogen) atoms. The number of hydrogen-bond donors (Lipinski definition) is 0. The lowest BCUT2D eigenvalue weighted by molar-refractivity contribution is 0.435. The number of para-hydroxylation sites is 2. The molecule has 0 N–H and O–H groups in total. The smallest absolute Gasteiger partial charge is 0.188 e. The van der Waals surface area contributed by atoms with E-state index in [0.29, 0.717) is 5.69 Å². The van der Waals surface area contributed by atoms with E-state index in [-0.39, 0.29) is 0 Å². The van der Waals surface area contributed by atoms with E-state index in [1.54, 1.807) is 0 Å². The van der Waals surface area contributed by atoms with E-state index >= 15 is 0 Å². The second kappa shape index (κ2) is 16.2. The summed E-state index contributed by atoms with van der Waals surface area (Å²) in [4.78, 5) is 13.0. The Morgan fingerprint density at radius 1 is 0.435 bits per heavy atom. The van der Waals surface area contributed by atoms with Crippen LogP contribution in [0.1, 0.15) is 22.3 Å². The lowest BCUT2D eigenvalue weighted by Gasteiger charge is -2.42. The van der Waals surface area contributed by atoms with Crippen molar-refractivity contribution in [3.63, 3.8) is 0 Å². The fourth-order valence-corrected chi connectivity index (χ4v) is 10.6. The molecule has 0 amide bonds. The van der Waals surface area contributed by atoms with Gasteiger partial charge in [-0.25, -0.2) is 4.85 Å². The molecule has 0 fully saturated rings. The van der Waals surface area contributed by atoms with Crippen molar-refractivity contribution in [2.24, 2.45) is 0 Å². The van der Waals surface area contributed by atoms with Crippen molar-refractivity contribution in [1.29, 1.82) is 0 Å². The van der Waals surface area contributed by atoms with Gasteiger partial charge in [-0.3, -0.25) is 9.97 Å². The third-order valence-electron chi connectivity index (χ3n) is 13.8. The predicted octanol–water partition coefficient (Wildman–Crippen LogP) is 16.4. The topological polar surface area (TPSA) is 44.3 Å². The van der Waals surface area contributed by atoms with E-state index in [9.17, 15) is 0 Å². The first kappa shape index (κ1) is 39.9. The zero-order valence-corrected chi connectivity index (χ0v) is 37.3. The maximum Gasteiger partial charge on any atom is 0.188 e. The number of pyridine rings is 2. The molecule has 0 atom stereocenters. The molecule has 5 nitrogen and oxygen atoms in total. The summed E-state index contributed by atoms with van der Waals surface area (Å²) in [5, 5.41) is 3.23. The van der Waals surface area contributed by atoms with Crippen molar-refractivity contribution < 1.29 is 4.74 Å². The average molecular weight is 881 g/mol. The van der Waals surface area contributed by atoms with E-state index in [0.717, 1.165) is 117 Å². The summed E-state index contributed by atoms with van der Waals surface area (Å²) in [5.41, 5.74) is 17.0. The van der Waals surface area contributed by atoms with Crippen LogP contribution in [0.3, 0.4) is 0 Å². The van der Waals surface area contributed by atoms with Gasteiger partial charge in [-0.1, -0.05) is 121 Å². The maximum atomic E-state index is 7.87. The highest BCUT2D eigenvalue weighted by molar-refractivity contribution is 6.11. The fourth-order valence-electron chi connectivity index (χ4n) is 10.6. The molecule has 9 aromatic carbocycles. The molecule has 13 rings (SSSR count). The number of nitrogens with zero attached hydrogens (tertiary/aromatic N) is 4. The van der Waals surface area contributed by atoms with Crippen molar-refractivity contribution in [3.05, 3.63) is 277 Å². The lowest BCUT2D eigenvalue weighted by Crippen LogP contribution is -2.34. The molecular formula is C64H40N4O. The fraction of sp³-hybridized carbons (Fsp3) is 0.0156. The highest BCUT2D eigenvalue weighted by Crippen LogP contribution is 2.57. The quantitative estimate of drug-likeness (QED) is 0.150. The van der Waals surface area contributed by atoms with E-state index in [1.165, 1.54) is 0 Å². The SMILES string of the molecule is [C-]#[N+]c1ccc2c(c1)c1cc(-c3ccc4c(c3)C(c3ccccc3)(c3ccccc3)c3cc(-c5cc(-c6ccncc6)cc(-c6cnc7ccccc7c6)c5)ccc3O4)ccc1n2-c1ccccc1. The summed E-state index contributed by atoms with van der Waals surface area (Å²) in [6, 6.07) is 79.7. The van der Waals surface area contributed by atoms with E-state index < -0.39 is 5.41 Å². The number of fused-ring (bicyclic) bond motifs is 6. The summed E-state index contributed by atoms with van der Waals surface area (Å²) >= 11 is 0. The van der Waals surface area contributed by atoms with E-state index in [2.05, 4.69) is 215 Å². The summed E-state index contributed by atoms with van der Waals surface area (Å²) < 4.78 is 9.34. The molecule has 0 spiro atoms. The van der Waals surface area contributed by atoms with Crippen LogP contribution in [0.4, 0.5) is 5.69 Å². The van der Waals surface area contributed by atoms with Gasteiger partial charge in [-0.2, -0.15) is 0 Å². The van der Waals surface area contributed by atoms with Crippen molar-refractivity contribution in [2.75, 3.05) is 0 Å². The first-order chi connectivity index (χ1) is 34.1. The van der Waals surface area contributed by atoms with Crippen LogP contribution in [-0.4, -0.2) is 14.5 Å². The highest BCUT2D eigenvalue weighted by Gasteiger charge is 2.45. The molecule has 12 aromatic rings. The molecule has 0 aliphatic carbocycles. The minimum Gasteiger partial charge on any atom is -0.457 e. The predicted molar refractivity (Wildman–Crippen MR) is 280 cm³/mol. The summed E-state index contributed by atoms with van der Waals surface area (Å²) in [6.45, 7) is 7.87. The lowest BCUT2D eigenvalue weighted by atomic mass is 9.63.